The lowest BCUT2D eigenvalue weighted by atomic mass is 10.1. The van der Waals surface area contributed by atoms with E-state index in [1.165, 1.54) is 17.7 Å². The molecule has 2 rings (SSSR count). The van der Waals surface area contributed by atoms with Crippen molar-refractivity contribution in [1.82, 2.24) is 4.90 Å². The number of hydrogen-bond donors (Lipinski definition) is 0. The van der Waals surface area contributed by atoms with Gasteiger partial charge in [0.25, 0.3) is 5.91 Å². The van der Waals surface area contributed by atoms with Crippen LogP contribution in [0.15, 0.2) is 54.6 Å². The second kappa shape index (κ2) is 8.17. The molecular formula is C18H20FNO2. The van der Waals surface area contributed by atoms with Gasteiger partial charge >= 0.3 is 0 Å². The predicted molar refractivity (Wildman–Crippen MR) is 84.3 cm³/mol. The van der Waals surface area contributed by atoms with E-state index < -0.39 is 5.82 Å². The third-order valence-electron chi connectivity index (χ3n) is 3.44. The fourth-order valence-electron chi connectivity index (χ4n) is 2.16. The number of rotatable bonds is 7. The average Bonchev–Trinajstić information content (AvgIpc) is 2.55. The summed E-state index contributed by atoms with van der Waals surface area (Å²) in [5.74, 6) is -0.487. The lowest BCUT2D eigenvalue weighted by molar-refractivity contribution is -0.133. The fraction of sp³-hybridized carbons (Fsp3) is 0.278. The summed E-state index contributed by atoms with van der Waals surface area (Å²) in [7, 11) is 0. The third kappa shape index (κ3) is 4.58. The number of benzene rings is 2. The molecule has 22 heavy (non-hydrogen) atoms. The van der Waals surface area contributed by atoms with Crippen LogP contribution in [-0.4, -0.2) is 30.5 Å². The monoisotopic (exact) mass is 301 g/mol. The minimum atomic E-state index is -0.456. The Labute approximate surface area is 130 Å². The molecule has 116 valence electrons. The summed E-state index contributed by atoms with van der Waals surface area (Å²) >= 11 is 0. The number of amides is 1. The summed E-state index contributed by atoms with van der Waals surface area (Å²) < 4.78 is 18.7. The van der Waals surface area contributed by atoms with Gasteiger partial charge in [0.1, 0.15) is 0 Å². The zero-order valence-corrected chi connectivity index (χ0v) is 12.7. The second-order valence-electron chi connectivity index (χ2n) is 4.93. The number of hydrogen-bond acceptors (Lipinski definition) is 2. The van der Waals surface area contributed by atoms with Gasteiger partial charge in [-0.25, -0.2) is 4.39 Å². The Bertz CT molecular complexity index is 601. The number of likely N-dealkylation sites (N-methyl/N-ethyl adjacent to an activating group) is 1. The van der Waals surface area contributed by atoms with Gasteiger partial charge in [0.15, 0.2) is 18.2 Å². The molecule has 0 aromatic heterocycles. The van der Waals surface area contributed by atoms with Crippen molar-refractivity contribution in [2.24, 2.45) is 0 Å². The van der Waals surface area contributed by atoms with Crippen molar-refractivity contribution in [3.63, 3.8) is 0 Å². The smallest absolute Gasteiger partial charge is 0.260 e. The molecule has 0 aliphatic carbocycles. The summed E-state index contributed by atoms with van der Waals surface area (Å²) in [4.78, 5) is 13.9. The van der Waals surface area contributed by atoms with Gasteiger partial charge < -0.3 is 9.64 Å². The first-order chi connectivity index (χ1) is 10.7. The summed E-state index contributed by atoms with van der Waals surface area (Å²) in [6.07, 6.45) is 0.792. The SMILES string of the molecule is CCN(CCc1ccccc1)C(=O)COc1ccccc1F. The Kier molecular flexibility index (Phi) is 5.95. The van der Waals surface area contributed by atoms with Crippen LogP contribution in [0.5, 0.6) is 5.75 Å². The summed E-state index contributed by atoms with van der Waals surface area (Å²) in [6, 6.07) is 16.1. The van der Waals surface area contributed by atoms with Crippen molar-refractivity contribution in [2.75, 3.05) is 19.7 Å². The van der Waals surface area contributed by atoms with E-state index in [2.05, 4.69) is 0 Å². The Hall–Kier alpha value is -2.36. The summed E-state index contributed by atoms with van der Waals surface area (Å²) in [5, 5.41) is 0. The Morgan fingerprint density at radius 2 is 1.77 bits per heavy atom. The van der Waals surface area contributed by atoms with E-state index in [4.69, 9.17) is 4.74 Å². The van der Waals surface area contributed by atoms with Crippen molar-refractivity contribution in [2.45, 2.75) is 13.3 Å². The van der Waals surface area contributed by atoms with Crippen LogP contribution >= 0.6 is 0 Å². The van der Waals surface area contributed by atoms with Crippen molar-refractivity contribution >= 4 is 5.91 Å². The largest absolute Gasteiger partial charge is 0.481 e. The van der Waals surface area contributed by atoms with E-state index in [1.54, 1.807) is 17.0 Å². The lowest BCUT2D eigenvalue weighted by Crippen LogP contribution is -2.36. The highest BCUT2D eigenvalue weighted by atomic mass is 19.1. The minimum absolute atomic E-state index is 0.106. The fourth-order valence-corrected chi connectivity index (χ4v) is 2.16. The zero-order valence-electron chi connectivity index (χ0n) is 12.7. The first-order valence-corrected chi connectivity index (χ1v) is 7.39. The highest BCUT2D eigenvalue weighted by molar-refractivity contribution is 5.77. The van der Waals surface area contributed by atoms with Gasteiger partial charge in [0, 0.05) is 13.1 Å². The Morgan fingerprint density at radius 3 is 2.45 bits per heavy atom. The van der Waals surface area contributed by atoms with E-state index in [-0.39, 0.29) is 18.3 Å². The van der Waals surface area contributed by atoms with Crippen LogP contribution in [0.2, 0.25) is 0 Å². The second-order valence-corrected chi connectivity index (χ2v) is 4.93. The van der Waals surface area contributed by atoms with E-state index in [0.717, 1.165) is 6.42 Å². The zero-order chi connectivity index (χ0) is 15.8. The molecule has 1 amide bonds. The molecule has 0 spiro atoms. The van der Waals surface area contributed by atoms with Crippen LogP contribution in [0.4, 0.5) is 4.39 Å². The maximum Gasteiger partial charge on any atom is 0.260 e. The summed E-state index contributed by atoms with van der Waals surface area (Å²) in [6.45, 7) is 3.00. The minimum Gasteiger partial charge on any atom is -0.481 e. The van der Waals surface area contributed by atoms with Crippen molar-refractivity contribution in [3.05, 3.63) is 66.0 Å². The van der Waals surface area contributed by atoms with Crippen LogP contribution in [0, 0.1) is 5.82 Å². The van der Waals surface area contributed by atoms with Crippen LogP contribution < -0.4 is 4.74 Å². The van der Waals surface area contributed by atoms with Crippen molar-refractivity contribution in [3.8, 4) is 5.75 Å². The number of halogens is 1. The molecule has 0 heterocycles. The van der Waals surface area contributed by atoms with Crippen LogP contribution in [0.1, 0.15) is 12.5 Å². The molecule has 0 N–H and O–H groups in total. The van der Waals surface area contributed by atoms with E-state index in [9.17, 15) is 9.18 Å². The molecule has 0 bridgehead atoms. The van der Waals surface area contributed by atoms with Crippen molar-refractivity contribution < 1.29 is 13.9 Å². The number of carbonyl (C=O) groups excluding carboxylic acids is 1. The van der Waals surface area contributed by atoms with Crippen molar-refractivity contribution in [1.29, 1.82) is 0 Å². The third-order valence-corrected chi connectivity index (χ3v) is 3.44. The standard InChI is InChI=1S/C18H20FNO2/c1-2-20(13-12-15-8-4-3-5-9-15)18(21)14-22-17-11-7-6-10-16(17)19/h3-11H,2,12-14H2,1H3. The first-order valence-electron chi connectivity index (χ1n) is 7.39. The lowest BCUT2D eigenvalue weighted by Gasteiger charge is -2.21. The average molecular weight is 301 g/mol. The molecule has 0 unspecified atom stereocenters. The number of ether oxygens (including phenoxy) is 1. The van der Waals surface area contributed by atoms with Gasteiger partial charge in [-0.2, -0.15) is 0 Å². The molecule has 0 saturated heterocycles. The van der Waals surface area contributed by atoms with E-state index in [1.807, 2.05) is 37.3 Å². The molecule has 0 aliphatic rings. The van der Waals surface area contributed by atoms with Gasteiger partial charge in [-0.1, -0.05) is 42.5 Å². The Morgan fingerprint density at radius 1 is 1.09 bits per heavy atom. The number of para-hydroxylation sites is 1. The van der Waals surface area contributed by atoms with Gasteiger partial charge in [-0.3, -0.25) is 4.79 Å². The molecule has 0 radical (unpaired) electrons. The predicted octanol–water partition coefficient (Wildman–Crippen LogP) is 3.30. The number of nitrogens with zero attached hydrogens (tertiary/aromatic N) is 1. The van der Waals surface area contributed by atoms with Crippen LogP contribution in [0.25, 0.3) is 0 Å². The van der Waals surface area contributed by atoms with Crippen LogP contribution in [-0.2, 0) is 11.2 Å². The molecular weight excluding hydrogens is 281 g/mol. The van der Waals surface area contributed by atoms with E-state index >= 15 is 0 Å². The molecule has 0 atom stereocenters. The number of carbonyl (C=O) groups is 1. The molecule has 2 aromatic carbocycles. The van der Waals surface area contributed by atoms with Gasteiger partial charge in [-0.05, 0) is 31.0 Å². The van der Waals surface area contributed by atoms with Gasteiger partial charge in [0.05, 0.1) is 0 Å². The maximum absolute atomic E-state index is 13.4. The Balaban J connectivity index is 1.85. The summed E-state index contributed by atoms with van der Waals surface area (Å²) in [5.41, 5.74) is 1.18. The van der Waals surface area contributed by atoms with Crippen LogP contribution in [0.3, 0.4) is 0 Å². The van der Waals surface area contributed by atoms with Gasteiger partial charge in [0.2, 0.25) is 0 Å². The molecule has 0 fully saturated rings. The topological polar surface area (TPSA) is 29.5 Å². The van der Waals surface area contributed by atoms with Gasteiger partial charge in [-0.15, -0.1) is 0 Å². The molecule has 4 heteroatoms. The molecule has 3 nitrogen and oxygen atoms in total. The highest BCUT2D eigenvalue weighted by Crippen LogP contribution is 2.15. The highest BCUT2D eigenvalue weighted by Gasteiger charge is 2.13. The van der Waals surface area contributed by atoms with E-state index in [0.29, 0.717) is 13.1 Å². The normalized spacial score (nSPS) is 10.3. The first kappa shape index (κ1) is 16.0. The molecule has 0 saturated carbocycles. The quantitative estimate of drug-likeness (QED) is 0.785. The molecule has 0 aliphatic heterocycles. The maximum atomic E-state index is 13.4. The molecule has 2 aromatic rings.